The van der Waals surface area contributed by atoms with Crippen LogP contribution < -0.4 is 5.32 Å². The molecule has 3 nitrogen and oxygen atoms in total. The molecule has 0 amide bonds. The average Bonchev–Trinajstić information content (AvgIpc) is 2.29. The maximum atomic E-state index is 5.61. The van der Waals surface area contributed by atoms with E-state index in [2.05, 4.69) is 31.1 Å². The molecule has 0 bridgehead atoms. The lowest BCUT2D eigenvalue weighted by Gasteiger charge is -2.36. The predicted octanol–water partition coefficient (Wildman–Crippen LogP) is 1.73. The lowest BCUT2D eigenvalue weighted by atomic mass is 9.94. The number of hydrogen-bond donors (Lipinski definition) is 1. The first-order valence-corrected chi connectivity index (χ1v) is 6.75. The van der Waals surface area contributed by atoms with Crippen molar-refractivity contribution in [3.05, 3.63) is 0 Å². The average molecular weight is 228 g/mol. The van der Waals surface area contributed by atoms with Gasteiger partial charge in [0, 0.05) is 25.7 Å². The highest BCUT2D eigenvalue weighted by Crippen LogP contribution is 2.15. The molecule has 1 N–H and O–H groups in total. The summed E-state index contributed by atoms with van der Waals surface area (Å²) in [6.45, 7) is 9.90. The molecule has 0 saturated carbocycles. The monoisotopic (exact) mass is 228 g/mol. The van der Waals surface area contributed by atoms with E-state index in [0.29, 0.717) is 6.04 Å². The molecule has 0 aromatic heterocycles. The van der Waals surface area contributed by atoms with E-state index in [9.17, 15) is 0 Å². The first-order valence-electron chi connectivity index (χ1n) is 6.75. The van der Waals surface area contributed by atoms with Crippen LogP contribution in [0.2, 0.25) is 0 Å². The Bertz CT molecular complexity index is 175. The Morgan fingerprint density at radius 1 is 1.38 bits per heavy atom. The van der Waals surface area contributed by atoms with Gasteiger partial charge in [-0.15, -0.1) is 0 Å². The van der Waals surface area contributed by atoms with Crippen LogP contribution >= 0.6 is 0 Å². The van der Waals surface area contributed by atoms with Crippen molar-refractivity contribution in [3.63, 3.8) is 0 Å². The Morgan fingerprint density at radius 2 is 2.19 bits per heavy atom. The molecule has 16 heavy (non-hydrogen) atoms. The third-order valence-electron chi connectivity index (χ3n) is 3.55. The standard InChI is InChI=1S/C13H28N2O/c1-4-5-9-16-10-8-15-7-6-13(14-3)12(2)11-15/h12-14H,4-11H2,1-3H3. The van der Waals surface area contributed by atoms with Crippen LogP contribution in [0.1, 0.15) is 33.1 Å². The fraction of sp³-hybridized carbons (Fsp3) is 1.00. The van der Waals surface area contributed by atoms with Gasteiger partial charge < -0.3 is 15.0 Å². The summed E-state index contributed by atoms with van der Waals surface area (Å²) in [4.78, 5) is 2.53. The molecule has 3 heteroatoms. The van der Waals surface area contributed by atoms with E-state index in [4.69, 9.17) is 4.74 Å². The topological polar surface area (TPSA) is 24.5 Å². The van der Waals surface area contributed by atoms with Crippen molar-refractivity contribution in [2.24, 2.45) is 5.92 Å². The Balaban J connectivity index is 2.06. The summed E-state index contributed by atoms with van der Waals surface area (Å²) in [6, 6.07) is 0.706. The summed E-state index contributed by atoms with van der Waals surface area (Å²) < 4.78 is 5.61. The van der Waals surface area contributed by atoms with Crippen LogP contribution in [0.5, 0.6) is 0 Å². The van der Waals surface area contributed by atoms with Crippen molar-refractivity contribution in [1.29, 1.82) is 0 Å². The van der Waals surface area contributed by atoms with Crippen LogP contribution in [-0.2, 0) is 4.74 Å². The quantitative estimate of drug-likeness (QED) is 0.672. The smallest absolute Gasteiger partial charge is 0.0593 e. The fourth-order valence-corrected chi connectivity index (χ4v) is 2.41. The van der Waals surface area contributed by atoms with Crippen LogP contribution in [-0.4, -0.2) is 50.8 Å². The predicted molar refractivity (Wildman–Crippen MR) is 68.8 cm³/mol. The number of likely N-dealkylation sites (tertiary alicyclic amines) is 1. The molecule has 1 aliphatic heterocycles. The van der Waals surface area contributed by atoms with E-state index in [1.807, 2.05) is 0 Å². The third-order valence-corrected chi connectivity index (χ3v) is 3.55. The maximum Gasteiger partial charge on any atom is 0.0593 e. The van der Waals surface area contributed by atoms with Crippen molar-refractivity contribution in [2.45, 2.75) is 39.2 Å². The molecule has 96 valence electrons. The summed E-state index contributed by atoms with van der Waals surface area (Å²) in [5, 5.41) is 3.40. The molecular formula is C13H28N2O. The van der Waals surface area contributed by atoms with Crippen LogP contribution in [0.25, 0.3) is 0 Å². The minimum atomic E-state index is 0.706. The Labute approximate surface area is 101 Å². The van der Waals surface area contributed by atoms with Gasteiger partial charge in [0.1, 0.15) is 0 Å². The van der Waals surface area contributed by atoms with Gasteiger partial charge in [0.15, 0.2) is 0 Å². The number of ether oxygens (including phenoxy) is 1. The molecule has 1 heterocycles. The normalized spacial score (nSPS) is 27.2. The molecule has 1 rings (SSSR count). The van der Waals surface area contributed by atoms with Gasteiger partial charge in [-0.3, -0.25) is 0 Å². The van der Waals surface area contributed by atoms with E-state index in [0.717, 1.165) is 25.7 Å². The third kappa shape index (κ3) is 4.81. The van der Waals surface area contributed by atoms with E-state index in [-0.39, 0.29) is 0 Å². The van der Waals surface area contributed by atoms with Gasteiger partial charge in [-0.25, -0.2) is 0 Å². The molecule has 0 radical (unpaired) electrons. The van der Waals surface area contributed by atoms with Gasteiger partial charge in [-0.2, -0.15) is 0 Å². The fourth-order valence-electron chi connectivity index (χ4n) is 2.41. The highest BCUT2D eigenvalue weighted by atomic mass is 16.5. The Morgan fingerprint density at radius 3 is 2.81 bits per heavy atom. The van der Waals surface area contributed by atoms with Crippen LogP contribution in [0.15, 0.2) is 0 Å². The second-order valence-electron chi connectivity index (χ2n) is 4.93. The molecule has 1 fully saturated rings. The highest BCUT2D eigenvalue weighted by molar-refractivity contribution is 4.81. The van der Waals surface area contributed by atoms with Crippen LogP contribution in [0, 0.1) is 5.92 Å². The van der Waals surface area contributed by atoms with Gasteiger partial charge >= 0.3 is 0 Å². The Kier molecular flexibility index (Phi) is 7.01. The molecular weight excluding hydrogens is 200 g/mol. The van der Waals surface area contributed by atoms with Gasteiger partial charge in [0.25, 0.3) is 0 Å². The molecule has 2 unspecified atom stereocenters. The van der Waals surface area contributed by atoms with E-state index in [1.54, 1.807) is 0 Å². The number of unbranched alkanes of at least 4 members (excludes halogenated alkanes) is 1. The van der Waals surface area contributed by atoms with Crippen LogP contribution in [0.4, 0.5) is 0 Å². The summed E-state index contributed by atoms with van der Waals surface area (Å²) in [7, 11) is 2.07. The van der Waals surface area contributed by atoms with Crippen LogP contribution in [0.3, 0.4) is 0 Å². The molecule has 1 saturated heterocycles. The number of rotatable bonds is 7. The molecule has 1 aliphatic rings. The maximum absolute atomic E-state index is 5.61. The molecule has 2 atom stereocenters. The van der Waals surface area contributed by atoms with Gasteiger partial charge in [0.05, 0.1) is 6.61 Å². The molecule has 0 aromatic rings. The number of nitrogens with one attached hydrogen (secondary N) is 1. The largest absolute Gasteiger partial charge is 0.380 e. The number of piperidine rings is 1. The van der Waals surface area contributed by atoms with Gasteiger partial charge in [0.2, 0.25) is 0 Å². The zero-order valence-corrected chi connectivity index (χ0v) is 11.2. The zero-order valence-electron chi connectivity index (χ0n) is 11.2. The Hall–Kier alpha value is -0.120. The summed E-state index contributed by atoms with van der Waals surface area (Å²) in [5.74, 6) is 0.759. The van der Waals surface area contributed by atoms with Gasteiger partial charge in [-0.05, 0) is 32.4 Å². The summed E-state index contributed by atoms with van der Waals surface area (Å²) in [6.07, 6.45) is 3.69. The molecule has 0 spiro atoms. The second-order valence-corrected chi connectivity index (χ2v) is 4.93. The zero-order chi connectivity index (χ0) is 11.8. The number of hydrogen-bond acceptors (Lipinski definition) is 3. The minimum Gasteiger partial charge on any atom is -0.380 e. The summed E-state index contributed by atoms with van der Waals surface area (Å²) in [5.41, 5.74) is 0. The van der Waals surface area contributed by atoms with E-state index in [1.165, 1.54) is 32.4 Å². The van der Waals surface area contributed by atoms with Crippen molar-refractivity contribution in [3.8, 4) is 0 Å². The SMILES string of the molecule is CCCCOCCN1CCC(NC)C(C)C1. The van der Waals surface area contributed by atoms with Crippen molar-refractivity contribution >= 4 is 0 Å². The van der Waals surface area contributed by atoms with E-state index < -0.39 is 0 Å². The molecule has 0 aromatic carbocycles. The highest BCUT2D eigenvalue weighted by Gasteiger charge is 2.24. The molecule has 0 aliphatic carbocycles. The lowest BCUT2D eigenvalue weighted by Crippen LogP contribution is -2.47. The van der Waals surface area contributed by atoms with E-state index >= 15 is 0 Å². The second kappa shape index (κ2) is 8.04. The number of nitrogens with zero attached hydrogens (tertiary/aromatic N) is 1. The first kappa shape index (κ1) is 13.9. The van der Waals surface area contributed by atoms with Crippen molar-refractivity contribution < 1.29 is 4.74 Å². The van der Waals surface area contributed by atoms with Gasteiger partial charge in [-0.1, -0.05) is 20.3 Å². The summed E-state index contributed by atoms with van der Waals surface area (Å²) >= 11 is 0. The van der Waals surface area contributed by atoms with Crippen molar-refractivity contribution in [2.75, 3.05) is 39.9 Å². The first-order chi connectivity index (χ1) is 7.77. The van der Waals surface area contributed by atoms with Crippen molar-refractivity contribution in [1.82, 2.24) is 10.2 Å². The minimum absolute atomic E-state index is 0.706. The lowest BCUT2D eigenvalue weighted by molar-refractivity contribution is 0.0777.